The number of rotatable bonds is 8. The van der Waals surface area contributed by atoms with Crippen LogP contribution in [-0.4, -0.2) is 58.9 Å². The molecule has 112 valence electrons. The van der Waals surface area contributed by atoms with Gasteiger partial charge in [-0.2, -0.15) is 0 Å². The van der Waals surface area contributed by atoms with E-state index in [4.69, 9.17) is 14.6 Å². The lowest BCUT2D eigenvalue weighted by Crippen LogP contribution is -2.50. The Morgan fingerprint density at radius 1 is 1.37 bits per heavy atom. The van der Waals surface area contributed by atoms with Gasteiger partial charge in [0.15, 0.2) is 6.29 Å². The second-order valence-electron chi connectivity index (χ2n) is 4.82. The minimum absolute atomic E-state index is 0.197. The first-order valence-electron chi connectivity index (χ1n) is 6.84. The van der Waals surface area contributed by atoms with E-state index in [9.17, 15) is 15.0 Å². The van der Waals surface area contributed by atoms with Gasteiger partial charge in [-0.25, -0.2) is 0 Å². The predicted molar refractivity (Wildman–Crippen MR) is 67.5 cm³/mol. The smallest absolute Gasteiger partial charge is 0.186 e. The highest BCUT2D eigenvalue weighted by Crippen LogP contribution is 2.21. The van der Waals surface area contributed by atoms with Crippen molar-refractivity contribution in [2.75, 3.05) is 13.2 Å². The minimum atomic E-state index is -1.10. The number of carbonyl (C=O) groups excluding carboxylic acids is 1. The van der Waals surface area contributed by atoms with Gasteiger partial charge in [0.25, 0.3) is 0 Å². The maximum absolute atomic E-state index is 11.1. The van der Waals surface area contributed by atoms with Gasteiger partial charge < -0.3 is 24.8 Å². The summed E-state index contributed by atoms with van der Waals surface area (Å²) >= 11 is 0. The Morgan fingerprint density at radius 2 is 2.11 bits per heavy atom. The molecule has 6 nitrogen and oxygen atoms in total. The van der Waals surface area contributed by atoms with Crippen molar-refractivity contribution in [3.8, 4) is 0 Å². The van der Waals surface area contributed by atoms with Crippen LogP contribution in [0.3, 0.4) is 0 Å². The molecular weight excluding hydrogens is 252 g/mol. The Balaban J connectivity index is 2.21. The molecule has 4 atom stereocenters. The lowest BCUT2D eigenvalue weighted by molar-refractivity contribution is -0.271. The predicted octanol–water partition coefficient (Wildman–Crippen LogP) is -0.0185. The summed E-state index contributed by atoms with van der Waals surface area (Å²) in [6, 6.07) is 0. The van der Waals surface area contributed by atoms with Crippen LogP contribution in [0, 0.1) is 0 Å². The molecular formula is C13H24O6. The van der Waals surface area contributed by atoms with Crippen LogP contribution in [0.25, 0.3) is 0 Å². The summed E-state index contributed by atoms with van der Waals surface area (Å²) in [6.07, 6.45) is -0.751. The minimum Gasteiger partial charge on any atom is -0.394 e. The summed E-state index contributed by atoms with van der Waals surface area (Å²) in [6.45, 7) is 1.97. The zero-order valence-electron chi connectivity index (χ0n) is 11.3. The number of aliphatic hydroxyl groups is 3. The molecule has 1 aliphatic rings. The molecule has 1 fully saturated rings. The topological polar surface area (TPSA) is 96.2 Å². The molecule has 0 bridgehead atoms. The van der Waals surface area contributed by atoms with E-state index in [1.807, 2.05) is 6.92 Å². The van der Waals surface area contributed by atoms with E-state index in [-0.39, 0.29) is 18.8 Å². The van der Waals surface area contributed by atoms with Crippen LogP contribution < -0.4 is 0 Å². The first-order valence-corrected chi connectivity index (χ1v) is 6.84. The van der Waals surface area contributed by atoms with Crippen LogP contribution in [0.5, 0.6) is 0 Å². The summed E-state index contributed by atoms with van der Waals surface area (Å²) < 4.78 is 10.7. The molecule has 1 saturated heterocycles. The number of hydrogen-bond donors (Lipinski definition) is 3. The lowest BCUT2D eigenvalue weighted by atomic mass is 10.0. The number of ketones is 1. The molecule has 0 saturated carbocycles. The molecule has 4 unspecified atom stereocenters. The monoisotopic (exact) mass is 276 g/mol. The maximum Gasteiger partial charge on any atom is 0.186 e. The number of hydrogen-bond acceptors (Lipinski definition) is 6. The number of ether oxygens (including phenoxy) is 2. The lowest BCUT2D eigenvalue weighted by Gasteiger charge is -2.36. The summed E-state index contributed by atoms with van der Waals surface area (Å²) in [5.74, 6) is 0.227. The van der Waals surface area contributed by atoms with Gasteiger partial charge in [-0.3, -0.25) is 4.79 Å². The van der Waals surface area contributed by atoms with Gasteiger partial charge >= 0.3 is 0 Å². The Hall–Kier alpha value is -0.530. The van der Waals surface area contributed by atoms with Gasteiger partial charge in [-0.15, -0.1) is 0 Å². The van der Waals surface area contributed by atoms with E-state index in [1.54, 1.807) is 0 Å². The van der Waals surface area contributed by atoms with E-state index in [0.717, 1.165) is 6.42 Å². The average Bonchev–Trinajstić information content (AvgIpc) is 2.42. The Bertz CT molecular complexity index is 270. The molecule has 19 heavy (non-hydrogen) atoms. The third-order valence-electron chi connectivity index (χ3n) is 3.23. The van der Waals surface area contributed by atoms with Crippen molar-refractivity contribution in [3.05, 3.63) is 0 Å². The molecule has 0 aromatic carbocycles. The third-order valence-corrected chi connectivity index (χ3v) is 3.23. The van der Waals surface area contributed by atoms with E-state index >= 15 is 0 Å². The van der Waals surface area contributed by atoms with Crippen LogP contribution in [0.15, 0.2) is 0 Å². The first kappa shape index (κ1) is 16.5. The summed E-state index contributed by atoms with van der Waals surface area (Å²) in [4.78, 5) is 11.1. The van der Waals surface area contributed by atoms with Gasteiger partial charge in [0.2, 0.25) is 0 Å². The van der Waals surface area contributed by atoms with Crippen LogP contribution in [0.4, 0.5) is 0 Å². The standard InChI is InChI=1S/C13H24O6/c1-2-9(15)5-3-4-6-18-13-12(17)11(16)7-10(8-14)19-13/h10-14,16-17H,2-8H2,1H3. The number of aliphatic hydroxyl groups excluding tert-OH is 3. The van der Waals surface area contributed by atoms with Gasteiger partial charge in [-0.1, -0.05) is 6.92 Å². The molecule has 1 rings (SSSR count). The van der Waals surface area contributed by atoms with Crippen molar-refractivity contribution in [2.24, 2.45) is 0 Å². The van der Waals surface area contributed by atoms with Gasteiger partial charge in [0.05, 0.1) is 18.8 Å². The fourth-order valence-corrected chi connectivity index (χ4v) is 1.97. The Kier molecular flexibility index (Phi) is 7.48. The molecule has 0 spiro atoms. The van der Waals surface area contributed by atoms with Crippen LogP contribution in [-0.2, 0) is 14.3 Å². The number of Topliss-reactive ketones (excluding diaryl/α,β-unsaturated/α-hetero) is 1. The second-order valence-corrected chi connectivity index (χ2v) is 4.82. The largest absolute Gasteiger partial charge is 0.394 e. The molecule has 1 aliphatic heterocycles. The average molecular weight is 276 g/mol. The molecule has 0 aromatic rings. The third kappa shape index (κ3) is 5.54. The van der Waals surface area contributed by atoms with Crippen molar-refractivity contribution in [2.45, 2.75) is 63.6 Å². The first-order chi connectivity index (χ1) is 9.08. The molecule has 0 aromatic heterocycles. The fourth-order valence-electron chi connectivity index (χ4n) is 1.97. The van der Waals surface area contributed by atoms with Crippen LogP contribution in [0.2, 0.25) is 0 Å². The second kappa shape index (κ2) is 8.60. The highest BCUT2D eigenvalue weighted by atomic mass is 16.7. The van der Waals surface area contributed by atoms with E-state index in [1.165, 1.54) is 0 Å². The normalized spacial score (nSPS) is 31.4. The van der Waals surface area contributed by atoms with Gasteiger partial charge in [0, 0.05) is 25.9 Å². The van der Waals surface area contributed by atoms with Gasteiger partial charge in [-0.05, 0) is 12.8 Å². The Labute approximate surface area is 113 Å². The van der Waals surface area contributed by atoms with Crippen molar-refractivity contribution in [1.82, 2.24) is 0 Å². The summed E-state index contributed by atoms with van der Waals surface area (Å²) in [7, 11) is 0. The summed E-state index contributed by atoms with van der Waals surface area (Å²) in [5.41, 5.74) is 0. The van der Waals surface area contributed by atoms with Gasteiger partial charge in [0.1, 0.15) is 11.9 Å². The SMILES string of the molecule is CCC(=O)CCCCOC1OC(CO)CC(O)C1O. The molecule has 0 radical (unpaired) electrons. The zero-order valence-corrected chi connectivity index (χ0v) is 11.3. The van der Waals surface area contributed by atoms with Crippen molar-refractivity contribution in [3.63, 3.8) is 0 Å². The van der Waals surface area contributed by atoms with Crippen LogP contribution in [0.1, 0.15) is 39.0 Å². The quantitative estimate of drug-likeness (QED) is 0.539. The Morgan fingerprint density at radius 3 is 2.74 bits per heavy atom. The van der Waals surface area contributed by atoms with Crippen LogP contribution >= 0.6 is 0 Å². The molecule has 0 amide bonds. The van der Waals surface area contributed by atoms with E-state index in [0.29, 0.717) is 25.9 Å². The van der Waals surface area contributed by atoms with E-state index < -0.39 is 24.6 Å². The van der Waals surface area contributed by atoms with Crippen molar-refractivity contribution < 1.29 is 29.6 Å². The highest BCUT2D eigenvalue weighted by Gasteiger charge is 2.36. The maximum atomic E-state index is 11.1. The van der Waals surface area contributed by atoms with Crippen molar-refractivity contribution in [1.29, 1.82) is 0 Å². The fraction of sp³-hybridized carbons (Fsp3) is 0.923. The molecule has 0 aliphatic carbocycles. The zero-order chi connectivity index (χ0) is 14.3. The van der Waals surface area contributed by atoms with Crippen molar-refractivity contribution >= 4 is 5.78 Å². The molecule has 1 heterocycles. The van der Waals surface area contributed by atoms with E-state index in [2.05, 4.69) is 0 Å². The highest BCUT2D eigenvalue weighted by molar-refractivity contribution is 5.77. The molecule has 3 N–H and O–H groups in total. The number of carbonyl (C=O) groups is 1. The number of unbranched alkanes of at least 4 members (excludes halogenated alkanes) is 1. The summed E-state index contributed by atoms with van der Waals surface area (Å²) in [5, 5.41) is 28.3. The molecule has 6 heteroatoms.